The number of rotatable bonds is 11. The number of nitrogens with one attached hydrogen (secondary N) is 1. The predicted molar refractivity (Wildman–Crippen MR) is 193 cm³/mol. The van der Waals surface area contributed by atoms with Gasteiger partial charge >= 0.3 is 5.97 Å². The van der Waals surface area contributed by atoms with E-state index in [1.807, 2.05) is 54.6 Å². The zero-order chi connectivity index (χ0) is 35.6. The third kappa shape index (κ3) is 7.08. The van der Waals surface area contributed by atoms with Gasteiger partial charge in [-0.05, 0) is 56.8 Å². The quantitative estimate of drug-likeness (QED) is 0.200. The van der Waals surface area contributed by atoms with E-state index in [9.17, 15) is 14.4 Å². The van der Waals surface area contributed by atoms with Gasteiger partial charge in [0.1, 0.15) is 29.2 Å². The van der Waals surface area contributed by atoms with Crippen LogP contribution in [0.25, 0.3) is 22.2 Å². The SMILES string of the molecule is C=CC1CC1(NC(=O)[C@@H]1C[C@@H](Oc2cc(-c3ccccc3)nc3cc(OC)ccc23)CN1C(=O)[C@@H](N1CCCCC1)C(C)(C)C)C(=O)OCC. The van der Waals surface area contributed by atoms with Gasteiger partial charge in [-0.25, -0.2) is 9.78 Å². The molecule has 0 spiro atoms. The van der Waals surface area contributed by atoms with E-state index in [0.29, 0.717) is 23.4 Å². The largest absolute Gasteiger partial charge is 0.497 e. The second-order valence-corrected chi connectivity index (χ2v) is 14.8. The normalized spacial score (nSPS) is 24.3. The first-order chi connectivity index (χ1) is 24.0. The average Bonchev–Trinajstić information content (AvgIpc) is 3.66. The fraction of sp³-hybridized carbons (Fsp3) is 0.500. The van der Waals surface area contributed by atoms with Crippen LogP contribution in [0.5, 0.6) is 11.5 Å². The molecule has 1 aromatic heterocycles. The third-order valence-corrected chi connectivity index (χ3v) is 10.3. The highest BCUT2D eigenvalue weighted by Gasteiger charge is 2.62. The second-order valence-electron chi connectivity index (χ2n) is 14.8. The van der Waals surface area contributed by atoms with Crippen molar-refractivity contribution in [1.82, 2.24) is 20.1 Å². The van der Waals surface area contributed by atoms with Crippen LogP contribution >= 0.6 is 0 Å². The van der Waals surface area contributed by atoms with E-state index in [0.717, 1.165) is 49.0 Å². The fourth-order valence-electron chi connectivity index (χ4n) is 7.68. The number of hydrogen-bond donors (Lipinski definition) is 1. The molecule has 10 heteroatoms. The van der Waals surface area contributed by atoms with Crippen molar-refractivity contribution in [3.63, 3.8) is 0 Å². The number of hydrogen-bond acceptors (Lipinski definition) is 8. The summed E-state index contributed by atoms with van der Waals surface area (Å²) >= 11 is 0. The minimum absolute atomic E-state index is 0.0961. The van der Waals surface area contributed by atoms with Gasteiger partial charge in [0, 0.05) is 35.4 Å². The summed E-state index contributed by atoms with van der Waals surface area (Å²) < 4.78 is 17.7. The Kier molecular flexibility index (Phi) is 10.2. The first-order valence-electron chi connectivity index (χ1n) is 17.9. The lowest BCUT2D eigenvalue weighted by molar-refractivity contribution is -0.151. The molecule has 6 rings (SSSR count). The van der Waals surface area contributed by atoms with E-state index in [1.54, 1.807) is 25.0 Å². The summed E-state index contributed by atoms with van der Waals surface area (Å²) in [5.41, 5.74) is 0.821. The highest BCUT2D eigenvalue weighted by atomic mass is 16.5. The first kappa shape index (κ1) is 35.4. The number of nitrogens with zero attached hydrogens (tertiary/aromatic N) is 3. The molecule has 1 saturated carbocycles. The Morgan fingerprint density at radius 3 is 2.46 bits per heavy atom. The summed E-state index contributed by atoms with van der Waals surface area (Å²) in [5, 5.41) is 3.82. The summed E-state index contributed by atoms with van der Waals surface area (Å²) in [5.74, 6) is 0.0825. The van der Waals surface area contributed by atoms with Crippen molar-refractivity contribution in [2.75, 3.05) is 33.4 Å². The van der Waals surface area contributed by atoms with Gasteiger partial charge in [0.25, 0.3) is 0 Å². The van der Waals surface area contributed by atoms with Crippen LogP contribution in [0.2, 0.25) is 0 Å². The molecule has 1 aliphatic carbocycles. The molecule has 0 radical (unpaired) electrons. The molecule has 2 saturated heterocycles. The molecule has 3 aromatic rings. The van der Waals surface area contributed by atoms with Crippen LogP contribution in [-0.2, 0) is 19.1 Å². The lowest BCUT2D eigenvalue weighted by Gasteiger charge is -2.43. The van der Waals surface area contributed by atoms with Crippen LogP contribution in [0, 0.1) is 11.3 Å². The van der Waals surface area contributed by atoms with Crippen molar-refractivity contribution < 1.29 is 28.6 Å². The Bertz CT molecular complexity index is 1730. The zero-order valence-electron chi connectivity index (χ0n) is 29.9. The van der Waals surface area contributed by atoms with Crippen LogP contribution in [0.4, 0.5) is 0 Å². The summed E-state index contributed by atoms with van der Waals surface area (Å²) in [6.45, 7) is 13.9. The van der Waals surface area contributed by atoms with Gasteiger partial charge in [-0.1, -0.05) is 63.6 Å². The number of piperidine rings is 1. The Hall–Kier alpha value is -4.44. The van der Waals surface area contributed by atoms with Gasteiger partial charge in [0.05, 0.1) is 37.5 Å². The van der Waals surface area contributed by atoms with E-state index in [-0.39, 0.29) is 42.7 Å². The highest BCUT2D eigenvalue weighted by molar-refractivity contribution is 5.96. The molecular formula is C40H50N4O6. The number of benzene rings is 2. The molecule has 3 aliphatic rings. The molecule has 2 aromatic carbocycles. The smallest absolute Gasteiger partial charge is 0.332 e. The van der Waals surface area contributed by atoms with Crippen molar-refractivity contribution in [3.8, 4) is 22.8 Å². The van der Waals surface area contributed by atoms with E-state index >= 15 is 0 Å². The van der Waals surface area contributed by atoms with E-state index in [1.165, 1.54) is 0 Å². The number of amides is 2. The minimum Gasteiger partial charge on any atom is -0.497 e. The summed E-state index contributed by atoms with van der Waals surface area (Å²) in [6, 6.07) is 16.2. The molecule has 3 fully saturated rings. The van der Waals surface area contributed by atoms with E-state index in [4.69, 9.17) is 19.2 Å². The number of methoxy groups -OCH3 is 1. The van der Waals surface area contributed by atoms with Crippen LogP contribution in [-0.4, -0.2) is 89.6 Å². The predicted octanol–water partition coefficient (Wildman–Crippen LogP) is 5.78. The molecule has 0 bridgehead atoms. The first-order valence-corrected chi connectivity index (χ1v) is 17.9. The maximum atomic E-state index is 14.8. The topological polar surface area (TPSA) is 110 Å². The molecule has 2 unspecified atom stereocenters. The average molecular weight is 683 g/mol. The lowest BCUT2D eigenvalue weighted by Crippen LogP contribution is -2.60. The number of ether oxygens (including phenoxy) is 3. The molecule has 10 nitrogen and oxygen atoms in total. The maximum absolute atomic E-state index is 14.8. The van der Waals surface area contributed by atoms with Gasteiger partial charge in [-0.15, -0.1) is 6.58 Å². The van der Waals surface area contributed by atoms with Crippen LogP contribution in [0.15, 0.2) is 67.3 Å². The summed E-state index contributed by atoms with van der Waals surface area (Å²) in [4.78, 5) is 51.1. The van der Waals surface area contributed by atoms with E-state index < -0.39 is 29.7 Å². The molecular weight excluding hydrogens is 632 g/mol. The number of likely N-dealkylation sites (tertiary alicyclic amines) is 2. The minimum atomic E-state index is -1.18. The molecule has 266 valence electrons. The Morgan fingerprint density at radius 2 is 1.82 bits per heavy atom. The number of pyridine rings is 1. The molecule has 3 heterocycles. The fourth-order valence-corrected chi connectivity index (χ4v) is 7.68. The van der Waals surface area contributed by atoms with Crippen molar-refractivity contribution >= 4 is 28.7 Å². The van der Waals surface area contributed by atoms with Crippen LogP contribution in [0.1, 0.15) is 59.8 Å². The van der Waals surface area contributed by atoms with E-state index in [2.05, 4.69) is 37.6 Å². The number of esters is 1. The Balaban J connectivity index is 1.35. The lowest BCUT2D eigenvalue weighted by atomic mass is 9.83. The number of aromatic nitrogens is 1. The Morgan fingerprint density at radius 1 is 1.08 bits per heavy atom. The van der Waals surface area contributed by atoms with Crippen molar-refractivity contribution in [2.24, 2.45) is 11.3 Å². The molecule has 5 atom stereocenters. The number of carbonyl (C=O) groups excluding carboxylic acids is 3. The summed E-state index contributed by atoms with van der Waals surface area (Å²) in [7, 11) is 1.62. The molecule has 50 heavy (non-hydrogen) atoms. The number of fused-ring (bicyclic) bond motifs is 1. The van der Waals surface area contributed by atoms with Gasteiger partial charge in [0.15, 0.2) is 0 Å². The van der Waals surface area contributed by atoms with Crippen molar-refractivity contribution in [2.45, 2.75) is 83.5 Å². The number of carbonyl (C=O) groups is 3. The standard InChI is InChI=1S/C40H50N4O6/c1-7-27-24-40(27,38(47)49-8-2)42-36(45)33-22-29(25-44(33)37(46)35(39(3,4)5)43-19-13-10-14-20-43)50-34-23-31(26-15-11-9-12-16-26)41-32-21-28(48-6)17-18-30(32)34/h7,9,11-12,15-18,21,23,27,29,33,35H,1,8,10,13-14,19-20,22,24-25H2,2-6H3,(H,42,45)/t27?,29-,33+,35-,40?/m1/s1. The summed E-state index contributed by atoms with van der Waals surface area (Å²) in [6.07, 6.45) is 5.06. The van der Waals surface area contributed by atoms with Gasteiger partial charge in [0.2, 0.25) is 11.8 Å². The monoisotopic (exact) mass is 682 g/mol. The van der Waals surface area contributed by atoms with Crippen LogP contribution in [0.3, 0.4) is 0 Å². The highest BCUT2D eigenvalue weighted by Crippen LogP contribution is 2.46. The maximum Gasteiger partial charge on any atom is 0.332 e. The third-order valence-electron chi connectivity index (χ3n) is 10.3. The molecule has 2 amide bonds. The van der Waals surface area contributed by atoms with Crippen LogP contribution < -0.4 is 14.8 Å². The Labute approximate surface area is 295 Å². The van der Waals surface area contributed by atoms with Gasteiger partial charge < -0.3 is 24.4 Å². The molecule has 1 N–H and O–H groups in total. The van der Waals surface area contributed by atoms with Crippen molar-refractivity contribution in [1.29, 1.82) is 0 Å². The second kappa shape index (κ2) is 14.4. The van der Waals surface area contributed by atoms with Gasteiger partial charge in [-0.2, -0.15) is 0 Å². The van der Waals surface area contributed by atoms with Crippen molar-refractivity contribution in [3.05, 3.63) is 67.3 Å². The molecule has 2 aliphatic heterocycles. The van der Waals surface area contributed by atoms with Gasteiger partial charge in [-0.3, -0.25) is 14.5 Å². The zero-order valence-corrected chi connectivity index (χ0v) is 29.9.